The van der Waals surface area contributed by atoms with E-state index in [9.17, 15) is 8.42 Å². The molecule has 1 atom stereocenters. The van der Waals surface area contributed by atoms with Gasteiger partial charge < -0.3 is 5.11 Å². The second-order valence-corrected chi connectivity index (χ2v) is 4.66. The highest BCUT2D eigenvalue weighted by molar-refractivity contribution is 7.87. The minimum absolute atomic E-state index is 0.145. The van der Waals surface area contributed by atoms with E-state index in [1.54, 1.807) is 20.8 Å². The molecule has 0 bridgehead atoms. The standard InChI is InChI=1S/C7H18N2O3S/c1-4-7(5-10)9-13(11,12)8-6(2)3/h6-10H,4-5H2,1-3H3/t7-/m0/s1. The molecule has 0 saturated carbocycles. The lowest BCUT2D eigenvalue weighted by Gasteiger charge is -2.16. The summed E-state index contributed by atoms with van der Waals surface area (Å²) in [5, 5.41) is 8.77. The molecule has 0 fully saturated rings. The molecule has 0 aromatic heterocycles. The van der Waals surface area contributed by atoms with Crippen molar-refractivity contribution < 1.29 is 13.5 Å². The molecule has 6 heteroatoms. The van der Waals surface area contributed by atoms with Crippen LogP contribution in [0.5, 0.6) is 0 Å². The second kappa shape index (κ2) is 5.54. The predicted molar refractivity (Wildman–Crippen MR) is 51.5 cm³/mol. The molecule has 0 amide bonds. The molecule has 0 spiro atoms. The van der Waals surface area contributed by atoms with Crippen LogP contribution in [0, 0.1) is 0 Å². The topological polar surface area (TPSA) is 78.4 Å². The number of aliphatic hydroxyl groups excluding tert-OH is 1. The number of aliphatic hydroxyl groups is 1. The molecule has 80 valence electrons. The maximum Gasteiger partial charge on any atom is 0.277 e. The molecular weight excluding hydrogens is 192 g/mol. The number of hydrogen-bond donors (Lipinski definition) is 3. The Morgan fingerprint density at radius 3 is 2.15 bits per heavy atom. The summed E-state index contributed by atoms with van der Waals surface area (Å²) in [5.41, 5.74) is 0. The Kier molecular flexibility index (Phi) is 5.46. The summed E-state index contributed by atoms with van der Waals surface area (Å²) >= 11 is 0. The molecule has 0 rings (SSSR count). The summed E-state index contributed by atoms with van der Waals surface area (Å²) in [5.74, 6) is 0. The van der Waals surface area contributed by atoms with Crippen LogP contribution in [-0.4, -0.2) is 32.2 Å². The van der Waals surface area contributed by atoms with Crippen molar-refractivity contribution in [2.24, 2.45) is 0 Å². The van der Waals surface area contributed by atoms with Gasteiger partial charge in [-0.05, 0) is 20.3 Å². The first-order valence-corrected chi connectivity index (χ1v) is 5.80. The van der Waals surface area contributed by atoms with Crippen LogP contribution in [0.3, 0.4) is 0 Å². The van der Waals surface area contributed by atoms with Gasteiger partial charge >= 0.3 is 0 Å². The monoisotopic (exact) mass is 210 g/mol. The first-order valence-electron chi connectivity index (χ1n) is 4.31. The van der Waals surface area contributed by atoms with Gasteiger partial charge in [0.05, 0.1) is 6.61 Å². The van der Waals surface area contributed by atoms with E-state index in [-0.39, 0.29) is 12.6 Å². The Labute approximate surface area is 79.7 Å². The largest absolute Gasteiger partial charge is 0.395 e. The lowest BCUT2D eigenvalue weighted by atomic mass is 10.3. The van der Waals surface area contributed by atoms with Crippen LogP contribution in [0.15, 0.2) is 0 Å². The average Bonchev–Trinajstić information content (AvgIpc) is 1.97. The highest BCUT2D eigenvalue weighted by Crippen LogP contribution is 1.92. The third-order valence-corrected chi connectivity index (χ3v) is 2.85. The Morgan fingerprint density at radius 2 is 1.85 bits per heavy atom. The first kappa shape index (κ1) is 12.8. The summed E-state index contributed by atoms with van der Waals surface area (Å²) in [4.78, 5) is 0. The normalized spacial score (nSPS) is 14.8. The summed E-state index contributed by atoms with van der Waals surface area (Å²) in [6.45, 7) is 5.09. The van der Waals surface area contributed by atoms with Crippen molar-refractivity contribution in [2.45, 2.75) is 39.3 Å². The molecule has 0 heterocycles. The van der Waals surface area contributed by atoms with E-state index in [4.69, 9.17) is 5.11 Å². The van der Waals surface area contributed by atoms with Gasteiger partial charge in [0.15, 0.2) is 0 Å². The van der Waals surface area contributed by atoms with Crippen molar-refractivity contribution in [3.63, 3.8) is 0 Å². The lowest BCUT2D eigenvalue weighted by Crippen LogP contribution is -2.46. The van der Waals surface area contributed by atoms with Crippen LogP contribution in [0.1, 0.15) is 27.2 Å². The van der Waals surface area contributed by atoms with Gasteiger partial charge in [0, 0.05) is 12.1 Å². The summed E-state index contributed by atoms with van der Waals surface area (Å²) in [7, 11) is -3.46. The van der Waals surface area contributed by atoms with E-state index in [2.05, 4.69) is 9.44 Å². The van der Waals surface area contributed by atoms with Gasteiger partial charge in [-0.25, -0.2) is 0 Å². The smallest absolute Gasteiger partial charge is 0.277 e. The average molecular weight is 210 g/mol. The van der Waals surface area contributed by atoms with E-state index in [1.165, 1.54) is 0 Å². The Balaban J connectivity index is 4.16. The summed E-state index contributed by atoms with van der Waals surface area (Å²) in [6.07, 6.45) is 0.565. The van der Waals surface area contributed by atoms with Gasteiger partial charge in [-0.1, -0.05) is 6.92 Å². The highest BCUT2D eigenvalue weighted by Gasteiger charge is 2.15. The van der Waals surface area contributed by atoms with Gasteiger partial charge in [0.25, 0.3) is 10.2 Å². The van der Waals surface area contributed by atoms with Crippen molar-refractivity contribution in [1.82, 2.24) is 9.44 Å². The number of rotatable bonds is 6. The van der Waals surface area contributed by atoms with Crippen molar-refractivity contribution >= 4 is 10.2 Å². The minimum atomic E-state index is -3.46. The fourth-order valence-electron chi connectivity index (χ4n) is 0.813. The van der Waals surface area contributed by atoms with Crippen molar-refractivity contribution in [1.29, 1.82) is 0 Å². The van der Waals surface area contributed by atoms with Crippen LogP contribution < -0.4 is 9.44 Å². The Hall–Kier alpha value is -0.170. The predicted octanol–water partition coefficient (Wildman–Crippen LogP) is -0.410. The molecule has 0 aliphatic heterocycles. The van der Waals surface area contributed by atoms with Crippen LogP contribution >= 0.6 is 0 Å². The zero-order valence-corrected chi connectivity index (χ0v) is 9.06. The molecule has 0 saturated heterocycles. The quantitative estimate of drug-likeness (QED) is 0.557. The highest BCUT2D eigenvalue weighted by atomic mass is 32.2. The van der Waals surface area contributed by atoms with Gasteiger partial charge in [-0.3, -0.25) is 0 Å². The van der Waals surface area contributed by atoms with Gasteiger partial charge in [-0.2, -0.15) is 17.9 Å². The molecule has 0 radical (unpaired) electrons. The molecule has 3 N–H and O–H groups in total. The van der Waals surface area contributed by atoms with Crippen LogP contribution in [-0.2, 0) is 10.2 Å². The fraction of sp³-hybridized carbons (Fsp3) is 1.00. The minimum Gasteiger partial charge on any atom is -0.395 e. The van der Waals surface area contributed by atoms with Gasteiger partial charge in [0.2, 0.25) is 0 Å². The summed E-state index contributed by atoms with van der Waals surface area (Å²) in [6, 6.07) is -0.551. The SMILES string of the molecule is CC[C@@H](CO)NS(=O)(=O)NC(C)C. The van der Waals surface area contributed by atoms with Gasteiger partial charge in [-0.15, -0.1) is 0 Å². The van der Waals surface area contributed by atoms with Crippen LogP contribution in [0.2, 0.25) is 0 Å². The molecule has 0 aromatic rings. The van der Waals surface area contributed by atoms with E-state index in [0.29, 0.717) is 6.42 Å². The maximum absolute atomic E-state index is 11.2. The van der Waals surface area contributed by atoms with Crippen molar-refractivity contribution in [3.8, 4) is 0 Å². The molecular formula is C7H18N2O3S. The number of hydrogen-bond acceptors (Lipinski definition) is 3. The molecule has 0 unspecified atom stereocenters. The van der Waals surface area contributed by atoms with E-state index >= 15 is 0 Å². The second-order valence-electron chi connectivity index (χ2n) is 3.18. The van der Waals surface area contributed by atoms with E-state index in [0.717, 1.165) is 0 Å². The zero-order valence-electron chi connectivity index (χ0n) is 8.24. The third-order valence-electron chi connectivity index (χ3n) is 1.43. The lowest BCUT2D eigenvalue weighted by molar-refractivity contribution is 0.253. The Morgan fingerprint density at radius 1 is 1.31 bits per heavy atom. The summed E-state index contributed by atoms with van der Waals surface area (Å²) < 4.78 is 27.2. The molecule has 0 aromatic carbocycles. The van der Waals surface area contributed by atoms with Crippen molar-refractivity contribution in [3.05, 3.63) is 0 Å². The fourth-order valence-corrected chi connectivity index (χ4v) is 2.18. The molecule has 13 heavy (non-hydrogen) atoms. The van der Waals surface area contributed by atoms with Crippen molar-refractivity contribution in [2.75, 3.05) is 6.61 Å². The number of nitrogens with one attached hydrogen (secondary N) is 2. The molecule has 0 aliphatic rings. The van der Waals surface area contributed by atoms with E-state index < -0.39 is 16.3 Å². The molecule has 0 aliphatic carbocycles. The maximum atomic E-state index is 11.2. The first-order chi connectivity index (χ1) is 5.91. The third kappa shape index (κ3) is 5.98. The Bertz CT molecular complexity index is 222. The molecule has 5 nitrogen and oxygen atoms in total. The van der Waals surface area contributed by atoms with Crippen LogP contribution in [0.25, 0.3) is 0 Å². The zero-order chi connectivity index (χ0) is 10.5. The van der Waals surface area contributed by atoms with E-state index in [1.807, 2.05) is 0 Å². The van der Waals surface area contributed by atoms with Crippen LogP contribution in [0.4, 0.5) is 0 Å². The van der Waals surface area contributed by atoms with Gasteiger partial charge in [0.1, 0.15) is 0 Å².